The Kier molecular flexibility index (Phi) is 4.84. The largest absolute Gasteiger partial charge is 0.497 e. The van der Waals surface area contributed by atoms with Crippen LogP contribution in [0.4, 0.5) is 0 Å². The Bertz CT molecular complexity index is 610. The number of methoxy groups -OCH3 is 1. The molecule has 0 atom stereocenters. The summed E-state index contributed by atoms with van der Waals surface area (Å²) in [6.45, 7) is 2.69. The average molecular weight is 297 g/mol. The topological polar surface area (TPSA) is 53.4 Å². The van der Waals surface area contributed by atoms with Crippen LogP contribution in [0.3, 0.4) is 0 Å². The molecule has 6 heteroatoms. The van der Waals surface area contributed by atoms with Gasteiger partial charge in [0.2, 0.25) is 0 Å². The number of alkyl halides is 1. The predicted octanol–water partition coefficient (Wildman–Crippen LogP) is 2.74. The van der Waals surface area contributed by atoms with Crippen molar-refractivity contribution >= 4 is 28.6 Å². The lowest BCUT2D eigenvalue weighted by Gasteiger charge is -2.07. The highest BCUT2D eigenvalue weighted by molar-refractivity contribution is 6.16. The maximum absolute atomic E-state index is 11.5. The highest BCUT2D eigenvalue weighted by Gasteiger charge is 2.12. The molecule has 0 spiro atoms. The minimum atomic E-state index is -0.219. The van der Waals surface area contributed by atoms with E-state index in [0.29, 0.717) is 25.5 Å². The zero-order chi connectivity index (χ0) is 14.5. The average Bonchev–Trinajstić information content (AvgIpc) is 2.82. The first-order valence-electron chi connectivity index (χ1n) is 6.44. The van der Waals surface area contributed by atoms with Gasteiger partial charge in [-0.05, 0) is 19.1 Å². The number of aryl methyl sites for hydroxylation is 1. The van der Waals surface area contributed by atoms with Gasteiger partial charge in [-0.15, -0.1) is 11.6 Å². The van der Waals surface area contributed by atoms with Crippen molar-refractivity contribution in [3.05, 3.63) is 24.0 Å². The highest BCUT2D eigenvalue weighted by atomic mass is 35.5. The molecule has 1 heterocycles. The number of benzene rings is 1. The number of imidazole rings is 1. The summed E-state index contributed by atoms with van der Waals surface area (Å²) < 4.78 is 12.1. The number of hydrogen-bond donors (Lipinski definition) is 0. The number of rotatable bonds is 6. The Balaban J connectivity index is 2.28. The number of esters is 1. The summed E-state index contributed by atoms with van der Waals surface area (Å²) in [6, 6.07) is 5.64. The Morgan fingerprint density at radius 3 is 2.90 bits per heavy atom. The second-order valence-electron chi connectivity index (χ2n) is 4.22. The minimum absolute atomic E-state index is 0.219. The molecule has 0 unspecified atom stereocenters. The number of fused-ring (bicyclic) bond motifs is 1. The van der Waals surface area contributed by atoms with Crippen LogP contribution in [0.1, 0.15) is 19.2 Å². The molecule has 0 aliphatic heterocycles. The van der Waals surface area contributed by atoms with E-state index in [1.165, 1.54) is 0 Å². The number of hydrogen-bond acceptors (Lipinski definition) is 4. The van der Waals surface area contributed by atoms with Crippen LogP contribution in [0.2, 0.25) is 0 Å². The van der Waals surface area contributed by atoms with Crippen LogP contribution in [0.5, 0.6) is 5.75 Å². The first kappa shape index (κ1) is 14.7. The predicted molar refractivity (Wildman–Crippen MR) is 77.1 cm³/mol. The van der Waals surface area contributed by atoms with Gasteiger partial charge >= 0.3 is 5.97 Å². The van der Waals surface area contributed by atoms with Crippen LogP contribution in [0.25, 0.3) is 11.0 Å². The van der Waals surface area contributed by atoms with E-state index in [1.54, 1.807) is 14.0 Å². The molecule has 2 rings (SSSR count). The number of carbonyl (C=O) groups excluding carboxylic acids is 1. The van der Waals surface area contributed by atoms with Gasteiger partial charge in [-0.25, -0.2) is 4.98 Å². The molecule has 0 radical (unpaired) electrons. The van der Waals surface area contributed by atoms with Crippen LogP contribution >= 0.6 is 11.6 Å². The summed E-state index contributed by atoms with van der Waals surface area (Å²) in [5.41, 5.74) is 1.75. The molecule has 0 aliphatic carbocycles. The lowest BCUT2D eigenvalue weighted by atomic mass is 10.3. The van der Waals surface area contributed by atoms with Crippen molar-refractivity contribution in [2.75, 3.05) is 13.7 Å². The van der Waals surface area contributed by atoms with Crippen molar-refractivity contribution in [2.45, 2.75) is 25.8 Å². The molecule has 0 bridgehead atoms. The normalized spacial score (nSPS) is 10.8. The maximum atomic E-state index is 11.5. The lowest BCUT2D eigenvalue weighted by molar-refractivity contribution is -0.143. The van der Waals surface area contributed by atoms with E-state index in [2.05, 4.69) is 4.98 Å². The third kappa shape index (κ3) is 3.04. The molecular formula is C14H17ClN2O3. The van der Waals surface area contributed by atoms with E-state index in [1.807, 2.05) is 22.8 Å². The van der Waals surface area contributed by atoms with Crippen molar-refractivity contribution in [3.63, 3.8) is 0 Å². The van der Waals surface area contributed by atoms with Crippen molar-refractivity contribution in [1.82, 2.24) is 9.55 Å². The third-order valence-electron chi connectivity index (χ3n) is 3.00. The van der Waals surface area contributed by atoms with Crippen molar-refractivity contribution in [1.29, 1.82) is 0 Å². The van der Waals surface area contributed by atoms with E-state index in [4.69, 9.17) is 21.1 Å². The molecule has 5 nitrogen and oxygen atoms in total. The zero-order valence-corrected chi connectivity index (χ0v) is 12.3. The van der Waals surface area contributed by atoms with Gasteiger partial charge in [0.15, 0.2) is 0 Å². The molecule has 20 heavy (non-hydrogen) atoms. The van der Waals surface area contributed by atoms with Crippen LogP contribution in [-0.4, -0.2) is 29.2 Å². The molecule has 0 aliphatic rings. The van der Waals surface area contributed by atoms with Gasteiger partial charge in [-0.3, -0.25) is 4.79 Å². The molecule has 1 aromatic carbocycles. The van der Waals surface area contributed by atoms with E-state index in [-0.39, 0.29) is 5.97 Å². The number of aromatic nitrogens is 2. The van der Waals surface area contributed by atoms with E-state index >= 15 is 0 Å². The number of carbonyl (C=O) groups is 1. The smallest absolute Gasteiger partial charge is 0.307 e. The Morgan fingerprint density at radius 2 is 2.25 bits per heavy atom. The summed E-state index contributed by atoms with van der Waals surface area (Å²) in [6.07, 6.45) is 0.301. The Labute approximate surface area is 122 Å². The summed E-state index contributed by atoms with van der Waals surface area (Å²) >= 11 is 5.92. The molecule has 0 N–H and O–H groups in total. The monoisotopic (exact) mass is 296 g/mol. The van der Waals surface area contributed by atoms with Gasteiger partial charge in [-0.1, -0.05) is 0 Å². The van der Waals surface area contributed by atoms with E-state index in [0.717, 1.165) is 22.6 Å². The van der Waals surface area contributed by atoms with Gasteiger partial charge in [0.25, 0.3) is 0 Å². The fourth-order valence-electron chi connectivity index (χ4n) is 2.07. The summed E-state index contributed by atoms with van der Waals surface area (Å²) in [5.74, 6) is 1.55. The van der Waals surface area contributed by atoms with Crippen LogP contribution in [0.15, 0.2) is 18.2 Å². The zero-order valence-electron chi connectivity index (χ0n) is 11.6. The van der Waals surface area contributed by atoms with Crippen LogP contribution in [-0.2, 0) is 22.0 Å². The van der Waals surface area contributed by atoms with Crippen molar-refractivity contribution in [3.8, 4) is 5.75 Å². The van der Waals surface area contributed by atoms with Gasteiger partial charge in [0.05, 0.1) is 37.1 Å². The summed E-state index contributed by atoms with van der Waals surface area (Å²) in [7, 11) is 1.61. The van der Waals surface area contributed by atoms with Gasteiger partial charge in [0, 0.05) is 12.6 Å². The second kappa shape index (κ2) is 6.61. The molecule has 0 saturated heterocycles. The van der Waals surface area contributed by atoms with Crippen molar-refractivity contribution in [2.24, 2.45) is 0 Å². The van der Waals surface area contributed by atoms with E-state index in [9.17, 15) is 4.79 Å². The van der Waals surface area contributed by atoms with Crippen molar-refractivity contribution < 1.29 is 14.3 Å². The number of ether oxygens (including phenoxy) is 2. The Morgan fingerprint density at radius 1 is 1.45 bits per heavy atom. The molecule has 0 amide bonds. The van der Waals surface area contributed by atoms with Crippen LogP contribution in [0, 0.1) is 0 Å². The third-order valence-corrected chi connectivity index (χ3v) is 3.24. The quantitative estimate of drug-likeness (QED) is 0.607. The van der Waals surface area contributed by atoms with Gasteiger partial charge in [-0.2, -0.15) is 0 Å². The number of nitrogens with zero attached hydrogens (tertiary/aromatic N) is 2. The molecule has 0 saturated carbocycles. The highest BCUT2D eigenvalue weighted by Crippen LogP contribution is 2.23. The SMILES string of the molecule is CCOC(=O)CCn1c(CCl)nc2cc(OC)ccc21. The number of halogens is 1. The second-order valence-corrected chi connectivity index (χ2v) is 4.49. The lowest BCUT2D eigenvalue weighted by Crippen LogP contribution is -2.10. The maximum Gasteiger partial charge on any atom is 0.307 e. The first-order valence-corrected chi connectivity index (χ1v) is 6.97. The van der Waals surface area contributed by atoms with E-state index < -0.39 is 0 Å². The molecule has 0 fully saturated rings. The first-order chi connectivity index (χ1) is 9.69. The summed E-state index contributed by atoms with van der Waals surface area (Å²) in [4.78, 5) is 15.9. The minimum Gasteiger partial charge on any atom is -0.497 e. The Hall–Kier alpha value is -1.75. The van der Waals surface area contributed by atoms with Gasteiger partial charge in [0.1, 0.15) is 11.6 Å². The molecule has 2 aromatic rings. The van der Waals surface area contributed by atoms with Gasteiger partial charge < -0.3 is 14.0 Å². The fraction of sp³-hybridized carbons (Fsp3) is 0.429. The standard InChI is InChI=1S/C14H17ClN2O3/c1-3-20-14(18)6-7-17-12-5-4-10(19-2)8-11(12)16-13(17)9-15/h4-5,8H,3,6-7,9H2,1-2H3. The fourth-order valence-corrected chi connectivity index (χ4v) is 2.28. The molecule has 1 aromatic heterocycles. The molecular weight excluding hydrogens is 280 g/mol. The molecule has 108 valence electrons. The van der Waals surface area contributed by atoms with Crippen LogP contribution < -0.4 is 4.74 Å². The summed E-state index contributed by atoms with van der Waals surface area (Å²) in [5, 5.41) is 0.